The van der Waals surface area contributed by atoms with Gasteiger partial charge in [0.05, 0.1) is 23.7 Å². The molecule has 204 valence electrons. The number of sulfonamides is 1. The fourth-order valence-electron chi connectivity index (χ4n) is 3.97. The van der Waals surface area contributed by atoms with Crippen molar-refractivity contribution in [3.63, 3.8) is 0 Å². The molecular formula is C26H33ClN6O4S. The van der Waals surface area contributed by atoms with Gasteiger partial charge in [-0.05, 0) is 51.6 Å². The van der Waals surface area contributed by atoms with E-state index in [1.54, 1.807) is 18.2 Å². The largest absolute Gasteiger partial charge is 0.489 e. The monoisotopic (exact) mass is 560 g/mol. The minimum Gasteiger partial charge on any atom is -0.489 e. The van der Waals surface area contributed by atoms with E-state index in [-0.39, 0.29) is 33.9 Å². The lowest BCUT2D eigenvalue weighted by Gasteiger charge is -2.19. The Balaban J connectivity index is 1.59. The number of aromatic nitrogens is 2. The third-order valence-corrected chi connectivity index (χ3v) is 8.01. The molecule has 1 fully saturated rings. The van der Waals surface area contributed by atoms with E-state index < -0.39 is 10.0 Å². The summed E-state index contributed by atoms with van der Waals surface area (Å²) in [6.45, 7) is 5.79. The summed E-state index contributed by atoms with van der Waals surface area (Å²) in [5.41, 5.74) is 0.995. The van der Waals surface area contributed by atoms with Crippen LogP contribution in [0.4, 0.5) is 23.1 Å². The van der Waals surface area contributed by atoms with Crippen molar-refractivity contribution in [2.24, 2.45) is 0 Å². The van der Waals surface area contributed by atoms with Gasteiger partial charge >= 0.3 is 0 Å². The van der Waals surface area contributed by atoms with Crippen molar-refractivity contribution in [3.05, 3.63) is 53.7 Å². The molecule has 2 aromatic carbocycles. The second-order valence-electron chi connectivity index (χ2n) is 9.54. The first kappa shape index (κ1) is 27.9. The molecular weight excluding hydrogens is 528 g/mol. The quantitative estimate of drug-likeness (QED) is 0.363. The molecule has 2 heterocycles. The van der Waals surface area contributed by atoms with Gasteiger partial charge in [0, 0.05) is 33.3 Å². The number of benzene rings is 2. The zero-order valence-electron chi connectivity index (χ0n) is 22.1. The van der Waals surface area contributed by atoms with Crippen molar-refractivity contribution in [1.82, 2.24) is 19.2 Å². The average molecular weight is 561 g/mol. The van der Waals surface area contributed by atoms with Crippen molar-refractivity contribution in [3.8, 4) is 11.5 Å². The number of halogens is 1. The number of ether oxygens (including phenoxy) is 2. The Bertz CT molecular complexity index is 1390. The highest BCUT2D eigenvalue weighted by Gasteiger charge is 2.23. The van der Waals surface area contributed by atoms with Gasteiger partial charge < -0.3 is 25.0 Å². The molecule has 3 aromatic rings. The van der Waals surface area contributed by atoms with Gasteiger partial charge in [-0.25, -0.2) is 17.7 Å². The number of likely N-dealkylation sites (N-methyl/N-ethyl adjacent to an activating group) is 1. The Morgan fingerprint density at radius 1 is 1.13 bits per heavy atom. The Morgan fingerprint density at radius 2 is 1.89 bits per heavy atom. The maximum Gasteiger partial charge on any atom is 0.244 e. The van der Waals surface area contributed by atoms with Crippen molar-refractivity contribution in [1.29, 1.82) is 0 Å². The van der Waals surface area contributed by atoms with Gasteiger partial charge in [-0.1, -0.05) is 23.7 Å². The third-order valence-electron chi connectivity index (χ3n) is 5.86. The Hall–Kier alpha value is -3.12. The van der Waals surface area contributed by atoms with E-state index in [9.17, 15) is 8.42 Å². The number of rotatable bonds is 10. The first-order valence-corrected chi connectivity index (χ1v) is 14.1. The second kappa shape index (κ2) is 11.7. The van der Waals surface area contributed by atoms with Gasteiger partial charge in [-0.15, -0.1) is 0 Å². The van der Waals surface area contributed by atoms with Gasteiger partial charge in [0.2, 0.25) is 16.0 Å². The lowest BCUT2D eigenvalue weighted by atomic mass is 10.2. The van der Waals surface area contributed by atoms with Crippen LogP contribution in [0, 0.1) is 0 Å². The minimum absolute atomic E-state index is 0.0677. The molecule has 0 aliphatic carbocycles. The number of likely N-dealkylation sites (tertiary alicyclic amines) is 1. The standard InChI is InChI=1S/C26H33ClN6O4S/c1-17(2)36-23-14-18(37-19-12-13-33(5)16-19)10-11-21(23)30-26-28-15-20(27)25(31-26)29-22-8-6-7-9-24(22)38(34,35)32(3)4/h6-11,14-15,17,19H,12-13,16H2,1-5H3,(H2,28,29,30,31)/t19-/m0/s1. The van der Waals surface area contributed by atoms with E-state index in [0.717, 1.165) is 29.6 Å². The number of anilines is 4. The maximum absolute atomic E-state index is 12.8. The molecule has 10 nitrogen and oxygen atoms in total. The van der Waals surface area contributed by atoms with Crippen LogP contribution >= 0.6 is 11.6 Å². The third kappa shape index (κ3) is 6.65. The zero-order chi connectivity index (χ0) is 27.4. The van der Waals surface area contributed by atoms with Crippen LogP contribution in [0.1, 0.15) is 20.3 Å². The molecule has 0 spiro atoms. The van der Waals surface area contributed by atoms with Crippen LogP contribution < -0.4 is 20.1 Å². The van der Waals surface area contributed by atoms with E-state index in [1.165, 1.54) is 26.4 Å². The molecule has 2 N–H and O–H groups in total. The van der Waals surface area contributed by atoms with Crippen LogP contribution in [-0.2, 0) is 10.0 Å². The zero-order valence-corrected chi connectivity index (χ0v) is 23.7. The SMILES string of the molecule is CC(C)Oc1cc(O[C@H]2CCN(C)C2)ccc1Nc1ncc(Cl)c(Nc2ccccc2S(=O)(=O)N(C)C)n1. The van der Waals surface area contributed by atoms with Gasteiger partial charge in [-0.2, -0.15) is 4.98 Å². The summed E-state index contributed by atoms with van der Waals surface area (Å²) >= 11 is 6.37. The first-order chi connectivity index (χ1) is 18.0. The first-order valence-electron chi connectivity index (χ1n) is 12.3. The molecule has 0 amide bonds. The van der Waals surface area contributed by atoms with Crippen molar-refractivity contribution >= 4 is 44.8 Å². The summed E-state index contributed by atoms with van der Waals surface area (Å²) in [4.78, 5) is 11.1. The summed E-state index contributed by atoms with van der Waals surface area (Å²) in [6, 6.07) is 12.2. The van der Waals surface area contributed by atoms with Gasteiger partial charge in [0.25, 0.3) is 0 Å². The summed E-state index contributed by atoms with van der Waals surface area (Å²) < 4.78 is 39.0. The molecule has 0 saturated carbocycles. The Kier molecular flexibility index (Phi) is 8.61. The number of nitrogens with one attached hydrogen (secondary N) is 2. The lowest BCUT2D eigenvalue weighted by molar-refractivity contribution is 0.204. The van der Waals surface area contributed by atoms with E-state index >= 15 is 0 Å². The lowest BCUT2D eigenvalue weighted by Crippen LogP contribution is -2.23. The highest BCUT2D eigenvalue weighted by molar-refractivity contribution is 7.89. The van der Waals surface area contributed by atoms with E-state index in [2.05, 4.69) is 32.5 Å². The fraction of sp³-hybridized carbons (Fsp3) is 0.385. The van der Waals surface area contributed by atoms with Crippen LogP contribution in [0.2, 0.25) is 5.02 Å². The van der Waals surface area contributed by atoms with E-state index in [0.29, 0.717) is 17.1 Å². The van der Waals surface area contributed by atoms with Crippen LogP contribution in [0.15, 0.2) is 53.6 Å². The fourth-order valence-corrected chi connectivity index (χ4v) is 5.15. The molecule has 1 aromatic heterocycles. The highest BCUT2D eigenvalue weighted by atomic mass is 35.5. The predicted molar refractivity (Wildman–Crippen MR) is 150 cm³/mol. The molecule has 1 aliphatic rings. The second-order valence-corrected chi connectivity index (χ2v) is 12.1. The summed E-state index contributed by atoms with van der Waals surface area (Å²) in [6.07, 6.45) is 2.49. The molecule has 1 saturated heterocycles. The van der Waals surface area contributed by atoms with Crippen molar-refractivity contribution < 1.29 is 17.9 Å². The maximum atomic E-state index is 12.8. The number of hydrogen-bond acceptors (Lipinski definition) is 9. The topological polar surface area (TPSA) is 109 Å². The normalized spacial score (nSPS) is 16.2. The Labute approximate surface area is 229 Å². The molecule has 0 radical (unpaired) electrons. The smallest absolute Gasteiger partial charge is 0.244 e. The average Bonchev–Trinajstić information content (AvgIpc) is 3.27. The molecule has 38 heavy (non-hydrogen) atoms. The molecule has 1 aliphatic heterocycles. The molecule has 0 bridgehead atoms. The van der Waals surface area contributed by atoms with Gasteiger partial charge in [-0.3, -0.25) is 0 Å². The molecule has 12 heteroatoms. The molecule has 4 rings (SSSR count). The van der Waals surface area contributed by atoms with Crippen LogP contribution in [-0.4, -0.2) is 74.0 Å². The summed E-state index contributed by atoms with van der Waals surface area (Å²) in [5.74, 6) is 1.83. The summed E-state index contributed by atoms with van der Waals surface area (Å²) in [7, 11) is 1.34. The van der Waals surface area contributed by atoms with Crippen molar-refractivity contribution in [2.45, 2.75) is 37.4 Å². The van der Waals surface area contributed by atoms with E-state index in [4.69, 9.17) is 21.1 Å². The number of hydrogen-bond donors (Lipinski definition) is 2. The van der Waals surface area contributed by atoms with Crippen molar-refractivity contribution in [2.75, 3.05) is 44.9 Å². The van der Waals surface area contributed by atoms with Crippen LogP contribution in [0.25, 0.3) is 0 Å². The predicted octanol–water partition coefficient (Wildman–Crippen LogP) is 4.74. The highest BCUT2D eigenvalue weighted by Crippen LogP contribution is 2.34. The van der Waals surface area contributed by atoms with Crippen LogP contribution in [0.3, 0.4) is 0 Å². The van der Waals surface area contributed by atoms with Crippen LogP contribution in [0.5, 0.6) is 11.5 Å². The minimum atomic E-state index is -3.69. The Morgan fingerprint density at radius 3 is 2.58 bits per heavy atom. The molecule has 1 atom stereocenters. The van der Waals surface area contributed by atoms with Gasteiger partial charge in [0.1, 0.15) is 27.5 Å². The molecule has 0 unspecified atom stereocenters. The number of para-hydroxylation sites is 1. The summed E-state index contributed by atoms with van der Waals surface area (Å²) in [5, 5.41) is 6.46. The van der Waals surface area contributed by atoms with E-state index in [1.807, 2.05) is 32.0 Å². The van der Waals surface area contributed by atoms with Gasteiger partial charge in [0.15, 0.2) is 5.82 Å². The number of nitrogens with zero attached hydrogens (tertiary/aromatic N) is 4.